The van der Waals surface area contributed by atoms with Crippen LogP contribution in [0, 0.1) is 6.92 Å². The number of ether oxygens (including phenoxy) is 1. The number of carbonyl (C=O) groups excluding carboxylic acids is 2. The number of pyridine rings is 1. The zero-order chi connectivity index (χ0) is 22.8. The number of anilines is 1. The Bertz CT molecular complexity index is 1370. The van der Waals surface area contributed by atoms with Crippen molar-refractivity contribution in [2.45, 2.75) is 20.0 Å². The van der Waals surface area contributed by atoms with Gasteiger partial charge in [-0.05, 0) is 38.1 Å². The monoisotopic (exact) mass is 430 g/mol. The average molecular weight is 430 g/mol. The van der Waals surface area contributed by atoms with Gasteiger partial charge in [0.15, 0.2) is 6.10 Å². The Labute approximate surface area is 184 Å². The minimum Gasteiger partial charge on any atom is -0.448 e. The fraction of sp³-hybridized carbons (Fsp3) is 0.167. The van der Waals surface area contributed by atoms with E-state index in [1.807, 2.05) is 36.4 Å². The first-order valence-electron chi connectivity index (χ1n) is 10.1. The van der Waals surface area contributed by atoms with E-state index in [0.29, 0.717) is 16.9 Å². The zero-order valence-corrected chi connectivity index (χ0v) is 17.9. The van der Waals surface area contributed by atoms with E-state index in [1.165, 1.54) is 11.6 Å². The van der Waals surface area contributed by atoms with Gasteiger partial charge in [-0.2, -0.15) is 0 Å². The van der Waals surface area contributed by atoms with Crippen molar-refractivity contribution in [1.29, 1.82) is 0 Å². The predicted molar refractivity (Wildman–Crippen MR) is 121 cm³/mol. The molecule has 2 aromatic heterocycles. The van der Waals surface area contributed by atoms with Gasteiger partial charge < -0.3 is 10.1 Å². The molecule has 2 aromatic carbocycles. The molecule has 0 aliphatic heterocycles. The first-order valence-corrected chi connectivity index (χ1v) is 10.1. The summed E-state index contributed by atoms with van der Waals surface area (Å²) in [6.45, 7) is 3.18. The highest BCUT2D eigenvalue weighted by atomic mass is 16.5. The molecule has 0 saturated carbocycles. The molecule has 8 heteroatoms. The molecule has 4 aromatic rings. The van der Waals surface area contributed by atoms with Gasteiger partial charge in [0.25, 0.3) is 11.5 Å². The van der Waals surface area contributed by atoms with Crippen molar-refractivity contribution in [2.24, 2.45) is 7.05 Å². The molecule has 1 atom stereocenters. The summed E-state index contributed by atoms with van der Waals surface area (Å²) >= 11 is 0. The number of fused-ring (bicyclic) bond motifs is 1. The van der Waals surface area contributed by atoms with E-state index in [1.54, 1.807) is 49.0 Å². The largest absolute Gasteiger partial charge is 0.448 e. The number of nitrogens with one attached hydrogen (secondary N) is 1. The second-order valence-corrected chi connectivity index (χ2v) is 7.36. The molecule has 0 radical (unpaired) electrons. The maximum atomic E-state index is 12.9. The van der Waals surface area contributed by atoms with Crippen molar-refractivity contribution < 1.29 is 14.3 Å². The van der Waals surface area contributed by atoms with Crippen LogP contribution in [0.2, 0.25) is 0 Å². The molecule has 0 aliphatic rings. The molecule has 1 amide bonds. The third-order valence-electron chi connectivity index (χ3n) is 5.26. The quantitative estimate of drug-likeness (QED) is 0.491. The summed E-state index contributed by atoms with van der Waals surface area (Å²) in [4.78, 5) is 42.4. The van der Waals surface area contributed by atoms with Crippen molar-refractivity contribution in [3.63, 3.8) is 0 Å². The van der Waals surface area contributed by atoms with Crippen molar-refractivity contribution in [1.82, 2.24) is 14.3 Å². The van der Waals surface area contributed by atoms with Gasteiger partial charge in [-0.3, -0.25) is 14.3 Å². The minimum atomic E-state index is -1.13. The third-order valence-corrected chi connectivity index (χ3v) is 5.26. The van der Waals surface area contributed by atoms with Crippen molar-refractivity contribution in [2.75, 3.05) is 5.32 Å². The molecule has 0 bridgehead atoms. The molecular weight excluding hydrogens is 408 g/mol. The molecule has 0 fully saturated rings. The van der Waals surface area contributed by atoms with E-state index in [4.69, 9.17) is 4.74 Å². The fourth-order valence-corrected chi connectivity index (χ4v) is 3.39. The second kappa shape index (κ2) is 8.50. The van der Waals surface area contributed by atoms with Crippen LogP contribution >= 0.6 is 0 Å². The number of hydrogen-bond acceptors (Lipinski definition) is 5. The lowest BCUT2D eigenvalue weighted by Gasteiger charge is -2.13. The van der Waals surface area contributed by atoms with Crippen molar-refractivity contribution >= 4 is 28.5 Å². The van der Waals surface area contributed by atoms with E-state index < -0.39 is 18.0 Å². The number of carbonyl (C=O) groups is 2. The summed E-state index contributed by atoms with van der Waals surface area (Å²) in [5, 5.41) is 3.50. The number of benzene rings is 2. The first kappa shape index (κ1) is 21.0. The number of hydrogen-bond donors (Lipinski definition) is 1. The van der Waals surface area contributed by atoms with Gasteiger partial charge in [0.1, 0.15) is 11.4 Å². The Balaban J connectivity index is 1.51. The number of para-hydroxylation sites is 2. The maximum absolute atomic E-state index is 12.9. The smallest absolute Gasteiger partial charge is 0.357 e. The lowest BCUT2D eigenvalue weighted by atomic mass is 10.2. The standard InChI is InChI=1S/C24H22N4O4/c1-15-21(23(30)28(27(15)3)18-10-5-4-6-11-18)26-22(29)16(2)32-24(31)20-14-13-17-9-7-8-12-19(17)25-20/h4-14,16H,1-3H3,(H,26,29)/t16-/m0/s1. The lowest BCUT2D eigenvalue weighted by molar-refractivity contribution is -0.123. The average Bonchev–Trinajstić information content (AvgIpc) is 3.02. The summed E-state index contributed by atoms with van der Waals surface area (Å²) in [6, 6.07) is 19.8. The molecule has 0 saturated heterocycles. The lowest BCUT2D eigenvalue weighted by Crippen LogP contribution is -2.32. The van der Waals surface area contributed by atoms with Crippen LogP contribution in [0.1, 0.15) is 23.1 Å². The molecule has 162 valence electrons. The molecule has 32 heavy (non-hydrogen) atoms. The second-order valence-electron chi connectivity index (χ2n) is 7.36. The van der Waals surface area contributed by atoms with E-state index >= 15 is 0 Å². The van der Waals surface area contributed by atoms with E-state index in [2.05, 4.69) is 10.3 Å². The number of esters is 1. The molecule has 4 rings (SSSR count). The topological polar surface area (TPSA) is 95.2 Å². The Morgan fingerprint density at radius 2 is 1.69 bits per heavy atom. The third kappa shape index (κ3) is 3.90. The maximum Gasteiger partial charge on any atom is 0.357 e. The van der Waals surface area contributed by atoms with Crippen molar-refractivity contribution in [3.05, 3.63) is 88.5 Å². The van der Waals surface area contributed by atoms with E-state index in [-0.39, 0.29) is 16.9 Å². The molecule has 0 aliphatic carbocycles. The highest BCUT2D eigenvalue weighted by Gasteiger charge is 2.24. The molecule has 8 nitrogen and oxygen atoms in total. The highest BCUT2D eigenvalue weighted by Crippen LogP contribution is 2.16. The van der Waals surface area contributed by atoms with Crippen molar-refractivity contribution in [3.8, 4) is 5.69 Å². The number of amides is 1. The summed E-state index contributed by atoms with van der Waals surface area (Å²) in [6.07, 6.45) is -1.13. The van der Waals surface area contributed by atoms with Crippen LogP contribution < -0.4 is 10.9 Å². The highest BCUT2D eigenvalue weighted by molar-refractivity contribution is 5.97. The molecular formula is C24H22N4O4. The van der Waals surface area contributed by atoms with Gasteiger partial charge in [0.05, 0.1) is 16.9 Å². The van der Waals surface area contributed by atoms with Gasteiger partial charge in [0, 0.05) is 12.4 Å². The Kier molecular flexibility index (Phi) is 5.59. The van der Waals surface area contributed by atoms with Crippen LogP contribution in [0.3, 0.4) is 0 Å². The van der Waals surface area contributed by atoms with Crippen LogP contribution in [0.15, 0.2) is 71.5 Å². The van der Waals surface area contributed by atoms with Crippen LogP contribution in [-0.2, 0) is 16.6 Å². The first-order chi connectivity index (χ1) is 15.4. The van der Waals surface area contributed by atoms with Crippen LogP contribution in [-0.4, -0.2) is 32.3 Å². The number of rotatable bonds is 5. The minimum absolute atomic E-state index is 0.102. The number of nitrogens with zero attached hydrogens (tertiary/aromatic N) is 3. The Morgan fingerprint density at radius 1 is 1.00 bits per heavy atom. The summed E-state index contributed by atoms with van der Waals surface area (Å²) in [5.41, 5.74) is 1.76. The number of aromatic nitrogens is 3. The van der Waals surface area contributed by atoms with Crippen LogP contribution in [0.4, 0.5) is 5.69 Å². The fourth-order valence-electron chi connectivity index (χ4n) is 3.39. The molecule has 0 spiro atoms. The summed E-state index contributed by atoms with van der Waals surface area (Å²) < 4.78 is 8.41. The SMILES string of the molecule is Cc1c(NC(=O)[C@H](C)OC(=O)c2ccc3ccccc3n2)c(=O)n(-c2ccccc2)n1C. The summed E-state index contributed by atoms with van der Waals surface area (Å²) in [7, 11) is 1.73. The van der Waals surface area contributed by atoms with Gasteiger partial charge >= 0.3 is 5.97 Å². The van der Waals surface area contributed by atoms with Gasteiger partial charge in [0.2, 0.25) is 0 Å². The van der Waals surface area contributed by atoms with Gasteiger partial charge in [-0.25, -0.2) is 14.5 Å². The van der Waals surface area contributed by atoms with E-state index in [9.17, 15) is 14.4 Å². The van der Waals surface area contributed by atoms with Gasteiger partial charge in [-0.15, -0.1) is 0 Å². The predicted octanol–water partition coefficient (Wildman–Crippen LogP) is 3.22. The molecule has 2 heterocycles. The molecule has 0 unspecified atom stereocenters. The zero-order valence-electron chi connectivity index (χ0n) is 17.9. The Morgan fingerprint density at radius 3 is 2.44 bits per heavy atom. The normalized spacial score (nSPS) is 11.8. The molecule has 1 N–H and O–H groups in total. The summed E-state index contributed by atoms with van der Waals surface area (Å²) in [5.74, 6) is -1.32. The van der Waals surface area contributed by atoms with Crippen LogP contribution in [0.5, 0.6) is 0 Å². The van der Waals surface area contributed by atoms with E-state index in [0.717, 1.165) is 5.39 Å². The Hall–Kier alpha value is -4.20. The van der Waals surface area contributed by atoms with Crippen LogP contribution in [0.25, 0.3) is 16.6 Å². The van der Waals surface area contributed by atoms with Gasteiger partial charge in [-0.1, -0.05) is 42.5 Å².